The highest BCUT2D eigenvalue weighted by Gasteiger charge is 2.23. The molecule has 0 spiro atoms. The van der Waals surface area contributed by atoms with Crippen LogP contribution in [0.4, 0.5) is 0 Å². The van der Waals surface area contributed by atoms with Crippen LogP contribution in [0.15, 0.2) is 52.3 Å². The summed E-state index contributed by atoms with van der Waals surface area (Å²) >= 11 is 1.80. The van der Waals surface area contributed by atoms with Crippen molar-refractivity contribution in [2.24, 2.45) is 0 Å². The van der Waals surface area contributed by atoms with Gasteiger partial charge in [0.25, 0.3) is 11.5 Å². The van der Waals surface area contributed by atoms with E-state index in [4.69, 9.17) is 0 Å². The Morgan fingerprint density at radius 1 is 1.25 bits per heavy atom. The van der Waals surface area contributed by atoms with Gasteiger partial charge in [0.05, 0.1) is 6.04 Å². The molecule has 5 heteroatoms. The van der Waals surface area contributed by atoms with E-state index in [0.29, 0.717) is 0 Å². The van der Waals surface area contributed by atoms with Crippen molar-refractivity contribution in [2.75, 3.05) is 5.75 Å². The molecule has 0 fully saturated rings. The van der Waals surface area contributed by atoms with Crippen LogP contribution in [0.5, 0.6) is 0 Å². The predicted molar refractivity (Wildman–Crippen MR) is 79.1 cm³/mol. The molecule has 102 valence electrons. The molecule has 1 aliphatic heterocycles. The van der Waals surface area contributed by atoms with Gasteiger partial charge >= 0.3 is 0 Å². The highest BCUT2D eigenvalue weighted by molar-refractivity contribution is 7.99. The number of aromatic nitrogens is 1. The molecule has 2 N–H and O–H groups in total. The van der Waals surface area contributed by atoms with Crippen LogP contribution in [0.2, 0.25) is 0 Å². The number of benzene rings is 1. The lowest BCUT2D eigenvalue weighted by atomic mass is 10.0. The number of thioether (sulfide) groups is 1. The standard InChI is InChI=1S/C15H14N2O2S/c18-14-11(5-3-8-16-14)15(19)17-12-7-9-20-13-6-2-1-4-10(12)13/h1-6,8,12H,7,9H2,(H,16,18)(H,17,19)/t12-/m0/s1. The molecule has 1 aliphatic rings. The molecule has 1 aromatic carbocycles. The average molecular weight is 286 g/mol. The summed E-state index contributed by atoms with van der Waals surface area (Å²) in [6, 6.07) is 11.2. The summed E-state index contributed by atoms with van der Waals surface area (Å²) in [5, 5.41) is 2.96. The quantitative estimate of drug-likeness (QED) is 0.890. The van der Waals surface area contributed by atoms with Gasteiger partial charge in [-0.15, -0.1) is 11.8 Å². The summed E-state index contributed by atoms with van der Waals surface area (Å²) in [6.45, 7) is 0. The molecule has 0 aliphatic carbocycles. The molecular weight excluding hydrogens is 272 g/mol. The minimum Gasteiger partial charge on any atom is -0.345 e. The Morgan fingerprint density at radius 2 is 2.10 bits per heavy atom. The van der Waals surface area contributed by atoms with Crippen LogP contribution in [-0.4, -0.2) is 16.6 Å². The van der Waals surface area contributed by atoms with Crippen molar-refractivity contribution in [3.05, 3.63) is 64.1 Å². The Balaban J connectivity index is 1.85. The highest BCUT2D eigenvalue weighted by atomic mass is 32.2. The highest BCUT2D eigenvalue weighted by Crippen LogP contribution is 2.35. The van der Waals surface area contributed by atoms with E-state index in [1.807, 2.05) is 18.2 Å². The Morgan fingerprint density at radius 3 is 2.95 bits per heavy atom. The molecular formula is C15H14N2O2S. The maximum absolute atomic E-state index is 12.2. The molecule has 0 unspecified atom stereocenters. The molecule has 4 nitrogen and oxygen atoms in total. The summed E-state index contributed by atoms with van der Waals surface area (Å²) in [4.78, 5) is 27.5. The lowest BCUT2D eigenvalue weighted by Crippen LogP contribution is -2.34. The Kier molecular flexibility index (Phi) is 3.60. The van der Waals surface area contributed by atoms with Gasteiger partial charge in [-0.05, 0) is 30.2 Å². The Labute approximate surface area is 120 Å². The minimum atomic E-state index is -0.358. The summed E-state index contributed by atoms with van der Waals surface area (Å²) in [6.07, 6.45) is 2.39. The molecule has 1 aromatic heterocycles. The SMILES string of the molecule is O=C(N[C@H]1CCSc2ccccc21)c1ccc[nH]c1=O. The molecule has 20 heavy (non-hydrogen) atoms. The number of pyridine rings is 1. The van der Waals surface area contributed by atoms with E-state index >= 15 is 0 Å². The lowest BCUT2D eigenvalue weighted by Gasteiger charge is -2.25. The zero-order valence-corrected chi connectivity index (χ0v) is 11.6. The number of H-pyrrole nitrogens is 1. The smallest absolute Gasteiger partial charge is 0.260 e. The molecule has 0 bridgehead atoms. The van der Waals surface area contributed by atoms with E-state index in [-0.39, 0.29) is 23.1 Å². The molecule has 0 saturated carbocycles. The van der Waals surface area contributed by atoms with Crippen LogP contribution >= 0.6 is 11.8 Å². The second-order valence-electron chi connectivity index (χ2n) is 4.61. The largest absolute Gasteiger partial charge is 0.345 e. The fourth-order valence-electron chi connectivity index (χ4n) is 2.33. The van der Waals surface area contributed by atoms with Gasteiger partial charge in [0, 0.05) is 16.8 Å². The maximum atomic E-state index is 12.2. The van der Waals surface area contributed by atoms with Crippen molar-refractivity contribution < 1.29 is 4.79 Å². The number of fused-ring (bicyclic) bond motifs is 1. The molecule has 2 heterocycles. The van der Waals surface area contributed by atoms with E-state index in [0.717, 1.165) is 17.7 Å². The Hall–Kier alpha value is -2.01. The number of hydrogen-bond acceptors (Lipinski definition) is 3. The first-order valence-corrected chi connectivity index (χ1v) is 7.44. The van der Waals surface area contributed by atoms with Gasteiger partial charge in [-0.2, -0.15) is 0 Å². The van der Waals surface area contributed by atoms with E-state index < -0.39 is 0 Å². The van der Waals surface area contributed by atoms with Crippen molar-refractivity contribution >= 4 is 17.7 Å². The number of aromatic amines is 1. The number of hydrogen-bond donors (Lipinski definition) is 2. The van der Waals surface area contributed by atoms with Crippen LogP contribution in [0.3, 0.4) is 0 Å². The van der Waals surface area contributed by atoms with Gasteiger partial charge in [-0.1, -0.05) is 18.2 Å². The van der Waals surface area contributed by atoms with Crippen LogP contribution < -0.4 is 10.9 Å². The summed E-state index contributed by atoms with van der Waals surface area (Å²) in [5.41, 5.74) is 0.927. The molecule has 3 rings (SSSR count). The van der Waals surface area contributed by atoms with Gasteiger partial charge in [0.1, 0.15) is 5.56 Å². The first-order valence-electron chi connectivity index (χ1n) is 6.46. The third kappa shape index (κ3) is 2.49. The van der Waals surface area contributed by atoms with Crippen molar-refractivity contribution in [1.29, 1.82) is 0 Å². The monoisotopic (exact) mass is 286 g/mol. The van der Waals surface area contributed by atoms with Crippen LogP contribution in [-0.2, 0) is 0 Å². The van der Waals surface area contributed by atoms with Crippen LogP contribution in [0.25, 0.3) is 0 Å². The third-order valence-electron chi connectivity index (χ3n) is 3.33. The Bertz CT molecular complexity index is 696. The molecule has 2 aromatic rings. The normalized spacial score (nSPS) is 17.3. The van der Waals surface area contributed by atoms with Crippen molar-refractivity contribution in [1.82, 2.24) is 10.3 Å². The van der Waals surface area contributed by atoms with Gasteiger partial charge in [-0.3, -0.25) is 9.59 Å². The molecule has 0 saturated heterocycles. The second-order valence-corrected chi connectivity index (χ2v) is 5.75. The van der Waals surface area contributed by atoms with E-state index in [2.05, 4.69) is 16.4 Å². The first kappa shape index (κ1) is 13.0. The lowest BCUT2D eigenvalue weighted by molar-refractivity contribution is 0.0933. The topological polar surface area (TPSA) is 62.0 Å². The number of rotatable bonds is 2. The van der Waals surface area contributed by atoms with Gasteiger partial charge < -0.3 is 10.3 Å². The zero-order valence-electron chi connectivity index (χ0n) is 10.8. The number of nitrogens with one attached hydrogen (secondary N) is 2. The molecule has 1 amide bonds. The number of carbonyl (C=O) groups is 1. The summed E-state index contributed by atoms with van der Waals surface area (Å²) in [5.74, 6) is 0.645. The number of amides is 1. The van der Waals surface area contributed by atoms with Gasteiger partial charge in [0.15, 0.2) is 0 Å². The second kappa shape index (κ2) is 5.54. The molecule has 1 atom stereocenters. The van der Waals surface area contributed by atoms with E-state index in [1.165, 1.54) is 17.2 Å². The fourth-order valence-corrected chi connectivity index (χ4v) is 3.45. The third-order valence-corrected chi connectivity index (χ3v) is 4.45. The van der Waals surface area contributed by atoms with Crippen LogP contribution in [0, 0.1) is 0 Å². The van der Waals surface area contributed by atoms with E-state index in [1.54, 1.807) is 17.8 Å². The molecule has 0 radical (unpaired) electrons. The van der Waals surface area contributed by atoms with Crippen LogP contribution in [0.1, 0.15) is 28.4 Å². The zero-order chi connectivity index (χ0) is 13.9. The average Bonchev–Trinajstić information content (AvgIpc) is 2.48. The van der Waals surface area contributed by atoms with Crippen molar-refractivity contribution in [3.8, 4) is 0 Å². The van der Waals surface area contributed by atoms with Gasteiger partial charge in [0.2, 0.25) is 0 Å². The van der Waals surface area contributed by atoms with Crippen molar-refractivity contribution in [3.63, 3.8) is 0 Å². The number of carbonyl (C=O) groups excluding carboxylic acids is 1. The summed E-state index contributed by atoms with van der Waals surface area (Å²) < 4.78 is 0. The fraction of sp³-hybridized carbons (Fsp3) is 0.200. The van der Waals surface area contributed by atoms with E-state index in [9.17, 15) is 9.59 Å². The van der Waals surface area contributed by atoms with Crippen molar-refractivity contribution in [2.45, 2.75) is 17.4 Å². The predicted octanol–water partition coefficient (Wildman–Crippen LogP) is 2.34. The summed E-state index contributed by atoms with van der Waals surface area (Å²) in [7, 11) is 0. The first-order chi connectivity index (χ1) is 9.75. The minimum absolute atomic E-state index is 0.0282. The maximum Gasteiger partial charge on any atom is 0.260 e. The van der Waals surface area contributed by atoms with Gasteiger partial charge in [-0.25, -0.2) is 0 Å².